The van der Waals surface area contributed by atoms with E-state index in [4.69, 9.17) is 10.7 Å². The number of nitrogens with two attached hydrogens (primary N) is 1. The van der Waals surface area contributed by atoms with Gasteiger partial charge in [0.2, 0.25) is 0 Å². The van der Waals surface area contributed by atoms with E-state index in [1.54, 1.807) is 0 Å². The van der Waals surface area contributed by atoms with Crippen LogP contribution in [0.2, 0.25) is 0 Å². The highest BCUT2D eigenvalue weighted by Gasteiger charge is 2.41. The van der Waals surface area contributed by atoms with Gasteiger partial charge in [-0.25, -0.2) is 4.79 Å². The summed E-state index contributed by atoms with van der Waals surface area (Å²) in [5.41, 5.74) is 9.05. The van der Waals surface area contributed by atoms with Crippen molar-refractivity contribution in [2.45, 2.75) is 38.0 Å². The van der Waals surface area contributed by atoms with Gasteiger partial charge in [0.15, 0.2) is 0 Å². The molecule has 0 aliphatic carbocycles. The number of dihydropyridines is 1. The Bertz CT molecular complexity index is 562. The molecule has 22 heavy (non-hydrogen) atoms. The Hall–Kier alpha value is -1.27. The van der Waals surface area contributed by atoms with Gasteiger partial charge in [0.05, 0.1) is 5.92 Å². The number of carboxylic acids is 1. The van der Waals surface area contributed by atoms with Crippen LogP contribution in [0.3, 0.4) is 0 Å². The van der Waals surface area contributed by atoms with Crippen LogP contribution in [0.4, 0.5) is 0 Å². The normalized spacial score (nSPS) is 29.1. The summed E-state index contributed by atoms with van der Waals surface area (Å²) in [7, 11) is 0. The van der Waals surface area contributed by atoms with Crippen molar-refractivity contribution in [3.05, 3.63) is 22.3 Å². The Morgan fingerprint density at radius 3 is 2.86 bits per heavy atom. The number of aliphatic imine (C=N–C) groups is 1. The standard InChI is InChI=1S/C16H23N3O2S/c1-2-3-10-8-11(9-4-6-18-7-5-9)19-15-12(10)13(17)14(22-15)16(20)21/h8-9,12,15,18H,2-7,17H2,1H3,(H,20,21). The molecule has 0 bridgehead atoms. The van der Waals surface area contributed by atoms with Crippen molar-refractivity contribution in [3.63, 3.8) is 0 Å². The minimum atomic E-state index is -0.925. The molecule has 1 fully saturated rings. The first kappa shape index (κ1) is 15.6. The van der Waals surface area contributed by atoms with Crippen molar-refractivity contribution < 1.29 is 9.90 Å². The summed E-state index contributed by atoms with van der Waals surface area (Å²) in [6.45, 7) is 4.21. The number of carboxylic acid groups (broad SMARTS) is 1. The summed E-state index contributed by atoms with van der Waals surface area (Å²) < 4.78 is 0. The molecule has 4 N–H and O–H groups in total. The summed E-state index contributed by atoms with van der Waals surface area (Å²) >= 11 is 1.32. The first-order valence-electron chi connectivity index (χ1n) is 8.00. The van der Waals surface area contributed by atoms with Crippen molar-refractivity contribution in [2.24, 2.45) is 22.6 Å². The molecule has 1 saturated heterocycles. The van der Waals surface area contributed by atoms with Gasteiger partial charge in [0, 0.05) is 17.3 Å². The van der Waals surface area contributed by atoms with E-state index in [0.29, 0.717) is 11.6 Å². The number of carbonyl (C=O) groups is 1. The number of nitrogens with one attached hydrogen (secondary N) is 1. The number of allylic oxidation sites excluding steroid dienone is 1. The maximum absolute atomic E-state index is 11.4. The summed E-state index contributed by atoms with van der Waals surface area (Å²) in [6.07, 6.45) is 6.41. The van der Waals surface area contributed by atoms with Gasteiger partial charge in [-0.15, -0.1) is 0 Å². The molecule has 2 atom stereocenters. The van der Waals surface area contributed by atoms with Crippen LogP contribution in [0, 0.1) is 11.8 Å². The lowest BCUT2D eigenvalue weighted by Gasteiger charge is -2.30. The van der Waals surface area contributed by atoms with E-state index < -0.39 is 5.97 Å². The third-order valence-corrected chi connectivity index (χ3v) is 5.89. The van der Waals surface area contributed by atoms with Gasteiger partial charge in [-0.3, -0.25) is 4.99 Å². The molecule has 0 aromatic heterocycles. The topological polar surface area (TPSA) is 87.7 Å². The molecule has 3 rings (SSSR count). The lowest BCUT2D eigenvalue weighted by atomic mass is 9.84. The van der Waals surface area contributed by atoms with Crippen molar-refractivity contribution in [1.82, 2.24) is 5.32 Å². The number of nitrogens with zero attached hydrogens (tertiary/aromatic N) is 1. The average molecular weight is 321 g/mol. The maximum atomic E-state index is 11.4. The first-order chi connectivity index (χ1) is 10.6. The molecule has 0 saturated carbocycles. The van der Waals surface area contributed by atoms with E-state index in [1.165, 1.54) is 17.3 Å². The molecule has 5 nitrogen and oxygen atoms in total. The van der Waals surface area contributed by atoms with E-state index in [9.17, 15) is 9.90 Å². The third kappa shape index (κ3) is 2.82. The Labute approximate surface area is 135 Å². The van der Waals surface area contributed by atoms with Gasteiger partial charge in [0.1, 0.15) is 10.3 Å². The highest BCUT2D eigenvalue weighted by atomic mass is 32.2. The number of hydrogen-bond donors (Lipinski definition) is 3. The van der Waals surface area contributed by atoms with Crippen molar-refractivity contribution >= 4 is 23.4 Å². The maximum Gasteiger partial charge on any atom is 0.344 e. The Morgan fingerprint density at radius 1 is 1.50 bits per heavy atom. The number of thioether (sulfide) groups is 1. The second-order valence-corrected chi connectivity index (χ2v) is 7.25. The summed E-state index contributed by atoms with van der Waals surface area (Å²) in [5, 5.41) is 12.6. The smallest absolute Gasteiger partial charge is 0.344 e. The van der Waals surface area contributed by atoms with Crippen LogP contribution in [-0.4, -0.2) is 35.3 Å². The molecular formula is C16H23N3O2S. The quantitative estimate of drug-likeness (QED) is 0.738. The average Bonchev–Trinajstić information content (AvgIpc) is 2.86. The van der Waals surface area contributed by atoms with E-state index >= 15 is 0 Å². The van der Waals surface area contributed by atoms with Gasteiger partial charge in [-0.05, 0) is 38.4 Å². The second-order valence-electron chi connectivity index (χ2n) is 6.12. The molecule has 0 radical (unpaired) electrons. The number of rotatable bonds is 4. The van der Waals surface area contributed by atoms with Gasteiger partial charge < -0.3 is 16.2 Å². The fraction of sp³-hybridized carbons (Fsp3) is 0.625. The molecule has 6 heteroatoms. The van der Waals surface area contributed by atoms with Crippen LogP contribution in [0.1, 0.15) is 32.6 Å². The van der Waals surface area contributed by atoms with Gasteiger partial charge >= 0.3 is 5.97 Å². The van der Waals surface area contributed by atoms with Crippen LogP contribution >= 0.6 is 11.8 Å². The SMILES string of the molecule is CCCC1=CC(C2CCNCC2)=NC2SC(C(=O)O)=C(N)C12. The molecule has 0 aromatic rings. The van der Waals surface area contributed by atoms with E-state index in [2.05, 4.69) is 18.3 Å². The second kappa shape index (κ2) is 6.46. The molecule has 0 amide bonds. The molecular weight excluding hydrogens is 298 g/mol. The lowest BCUT2D eigenvalue weighted by Crippen LogP contribution is -2.34. The fourth-order valence-electron chi connectivity index (χ4n) is 3.53. The summed E-state index contributed by atoms with van der Waals surface area (Å²) in [6, 6.07) is 0. The molecule has 0 spiro atoms. The van der Waals surface area contributed by atoms with Crippen molar-refractivity contribution in [2.75, 3.05) is 13.1 Å². The number of aliphatic carboxylic acids is 1. The van der Waals surface area contributed by atoms with Gasteiger partial charge in [-0.1, -0.05) is 30.7 Å². The fourth-order valence-corrected chi connectivity index (χ4v) is 4.77. The van der Waals surface area contributed by atoms with Crippen molar-refractivity contribution in [1.29, 1.82) is 0 Å². The number of fused-ring (bicyclic) bond motifs is 1. The molecule has 120 valence electrons. The predicted octanol–water partition coefficient (Wildman–Crippen LogP) is 2.11. The van der Waals surface area contributed by atoms with Gasteiger partial charge in [-0.2, -0.15) is 0 Å². The predicted molar refractivity (Wildman–Crippen MR) is 89.7 cm³/mol. The molecule has 3 aliphatic rings. The van der Waals surface area contributed by atoms with E-state index in [1.807, 2.05) is 0 Å². The third-order valence-electron chi connectivity index (χ3n) is 4.62. The minimum Gasteiger partial charge on any atom is -0.477 e. The Balaban J connectivity index is 1.90. The molecule has 3 aliphatic heterocycles. The zero-order chi connectivity index (χ0) is 15.7. The first-order valence-corrected chi connectivity index (χ1v) is 8.88. The van der Waals surface area contributed by atoms with Crippen LogP contribution in [0.5, 0.6) is 0 Å². The summed E-state index contributed by atoms with van der Waals surface area (Å²) in [5.74, 6) is -0.461. The van der Waals surface area contributed by atoms with Crippen molar-refractivity contribution in [3.8, 4) is 0 Å². The minimum absolute atomic E-state index is 0.0264. The van der Waals surface area contributed by atoms with E-state index in [-0.39, 0.29) is 16.2 Å². The Morgan fingerprint density at radius 2 is 2.23 bits per heavy atom. The largest absolute Gasteiger partial charge is 0.477 e. The zero-order valence-electron chi connectivity index (χ0n) is 12.8. The lowest BCUT2D eigenvalue weighted by molar-refractivity contribution is -0.131. The number of hydrogen-bond acceptors (Lipinski definition) is 5. The van der Waals surface area contributed by atoms with Crippen LogP contribution in [0.25, 0.3) is 0 Å². The number of piperidine rings is 1. The molecule has 3 heterocycles. The van der Waals surface area contributed by atoms with Crippen LogP contribution in [-0.2, 0) is 4.79 Å². The highest BCUT2D eigenvalue weighted by molar-refractivity contribution is 8.04. The van der Waals surface area contributed by atoms with Crippen LogP contribution in [0.15, 0.2) is 27.2 Å². The molecule has 2 unspecified atom stereocenters. The van der Waals surface area contributed by atoms with E-state index in [0.717, 1.165) is 44.5 Å². The summed E-state index contributed by atoms with van der Waals surface area (Å²) in [4.78, 5) is 16.5. The monoisotopic (exact) mass is 321 g/mol. The zero-order valence-corrected chi connectivity index (χ0v) is 13.7. The van der Waals surface area contributed by atoms with Crippen LogP contribution < -0.4 is 11.1 Å². The molecule has 0 aromatic carbocycles. The van der Waals surface area contributed by atoms with Gasteiger partial charge in [0.25, 0.3) is 0 Å². The Kier molecular flexibility index (Phi) is 4.59. The highest BCUT2D eigenvalue weighted by Crippen LogP contribution is 2.47.